The molecular formula is C10H11FN2O3. The van der Waals surface area contributed by atoms with Gasteiger partial charge >= 0.3 is 12.0 Å². The molecule has 2 amide bonds. The maximum atomic E-state index is 12.6. The molecular weight excluding hydrogens is 215 g/mol. The molecule has 1 rings (SSSR count). The maximum absolute atomic E-state index is 12.6. The molecule has 16 heavy (non-hydrogen) atoms. The number of rotatable bonds is 3. The van der Waals surface area contributed by atoms with Crippen LogP contribution in [0.3, 0.4) is 0 Å². The molecule has 1 aromatic carbocycles. The molecule has 0 aliphatic carbocycles. The van der Waals surface area contributed by atoms with Gasteiger partial charge in [0.25, 0.3) is 0 Å². The van der Waals surface area contributed by atoms with E-state index in [1.807, 2.05) is 0 Å². The lowest BCUT2D eigenvalue weighted by Gasteiger charge is -2.14. The summed E-state index contributed by atoms with van der Waals surface area (Å²) in [5, 5.41) is 13.4. The van der Waals surface area contributed by atoms with Crippen molar-refractivity contribution in [3.05, 3.63) is 35.6 Å². The average molecular weight is 226 g/mol. The molecule has 0 saturated carbocycles. The molecule has 0 aliphatic heterocycles. The van der Waals surface area contributed by atoms with E-state index in [0.29, 0.717) is 5.56 Å². The minimum absolute atomic E-state index is 0.303. The lowest BCUT2D eigenvalue weighted by atomic mass is 10.1. The molecule has 0 aliphatic rings. The van der Waals surface area contributed by atoms with Crippen LogP contribution in [0.4, 0.5) is 9.18 Å². The van der Waals surface area contributed by atoms with Crippen LogP contribution < -0.4 is 10.6 Å². The summed E-state index contributed by atoms with van der Waals surface area (Å²) < 4.78 is 12.6. The number of carboxylic acids is 1. The summed E-state index contributed by atoms with van der Waals surface area (Å²) in [6, 6.07) is 3.08. The van der Waals surface area contributed by atoms with Gasteiger partial charge in [0.1, 0.15) is 5.82 Å². The molecule has 0 spiro atoms. The normalized spacial score (nSPS) is 11.6. The van der Waals surface area contributed by atoms with Crippen LogP contribution in [-0.4, -0.2) is 24.2 Å². The molecule has 1 aromatic rings. The van der Waals surface area contributed by atoms with Crippen molar-refractivity contribution in [3.63, 3.8) is 0 Å². The number of nitrogens with one attached hydrogen (secondary N) is 2. The average Bonchev–Trinajstić information content (AvgIpc) is 2.26. The Morgan fingerprint density at radius 1 is 1.31 bits per heavy atom. The number of hydrogen-bond donors (Lipinski definition) is 3. The summed E-state index contributed by atoms with van der Waals surface area (Å²) in [6.07, 6.45) is 0. The van der Waals surface area contributed by atoms with E-state index in [2.05, 4.69) is 10.6 Å². The number of aliphatic carboxylic acids is 1. The Labute approximate surface area is 91.3 Å². The van der Waals surface area contributed by atoms with E-state index in [0.717, 1.165) is 12.1 Å². The molecule has 0 fully saturated rings. The molecule has 1 atom stereocenters. The smallest absolute Gasteiger partial charge is 0.330 e. The molecule has 3 N–H and O–H groups in total. The standard InChI is InChI=1S/C10H11FN2O3/c1-12-10(16)13-8(9(14)15)6-2-4-7(11)5-3-6/h2-5,8H,1H3,(H,14,15)(H2,12,13,16). The number of benzene rings is 1. The van der Waals surface area contributed by atoms with Gasteiger partial charge in [-0.25, -0.2) is 14.0 Å². The van der Waals surface area contributed by atoms with Crippen molar-refractivity contribution in [1.82, 2.24) is 10.6 Å². The minimum atomic E-state index is -1.21. The van der Waals surface area contributed by atoms with Crippen LogP contribution in [-0.2, 0) is 4.79 Å². The zero-order chi connectivity index (χ0) is 12.1. The quantitative estimate of drug-likeness (QED) is 0.715. The van der Waals surface area contributed by atoms with Crippen molar-refractivity contribution < 1.29 is 19.1 Å². The molecule has 0 radical (unpaired) electrons. The third-order valence-electron chi connectivity index (χ3n) is 1.95. The molecule has 0 bridgehead atoms. The third kappa shape index (κ3) is 2.94. The van der Waals surface area contributed by atoms with Crippen LogP contribution in [0, 0.1) is 5.82 Å². The largest absolute Gasteiger partial charge is 0.479 e. The second kappa shape index (κ2) is 5.11. The van der Waals surface area contributed by atoms with Gasteiger partial charge < -0.3 is 15.7 Å². The van der Waals surface area contributed by atoms with Gasteiger partial charge in [-0.05, 0) is 17.7 Å². The van der Waals surface area contributed by atoms with Crippen molar-refractivity contribution in [1.29, 1.82) is 0 Å². The van der Waals surface area contributed by atoms with Crippen LogP contribution in [0.25, 0.3) is 0 Å². The number of amides is 2. The lowest BCUT2D eigenvalue weighted by Crippen LogP contribution is -2.39. The van der Waals surface area contributed by atoms with Crippen LogP contribution in [0.2, 0.25) is 0 Å². The van der Waals surface area contributed by atoms with Gasteiger partial charge in [-0.1, -0.05) is 12.1 Å². The first-order valence-corrected chi connectivity index (χ1v) is 4.51. The summed E-state index contributed by atoms with van der Waals surface area (Å²) in [7, 11) is 1.37. The van der Waals surface area contributed by atoms with E-state index >= 15 is 0 Å². The summed E-state index contributed by atoms with van der Waals surface area (Å²) in [5.41, 5.74) is 0.303. The summed E-state index contributed by atoms with van der Waals surface area (Å²) in [5.74, 6) is -1.68. The molecule has 5 nitrogen and oxygen atoms in total. The number of carbonyl (C=O) groups excluding carboxylic acids is 1. The Kier molecular flexibility index (Phi) is 3.82. The first-order chi connectivity index (χ1) is 7.54. The van der Waals surface area contributed by atoms with Crippen molar-refractivity contribution >= 4 is 12.0 Å². The van der Waals surface area contributed by atoms with Gasteiger partial charge in [-0.2, -0.15) is 0 Å². The van der Waals surface area contributed by atoms with Gasteiger partial charge in [0.15, 0.2) is 6.04 Å². The third-order valence-corrected chi connectivity index (χ3v) is 1.95. The Bertz CT molecular complexity index is 392. The molecule has 6 heteroatoms. The van der Waals surface area contributed by atoms with E-state index in [1.165, 1.54) is 19.2 Å². The Hall–Kier alpha value is -2.11. The minimum Gasteiger partial charge on any atom is -0.479 e. The van der Waals surface area contributed by atoms with E-state index < -0.39 is 23.9 Å². The Morgan fingerprint density at radius 2 is 1.88 bits per heavy atom. The molecule has 86 valence electrons. The van der Waals surface area contributed by atoms with Crippen molar-refractivity contribution in [2.24, 2.45) is 0 Å². The van der Waals surface area contributed by atoms with Crippen LogP contribution in [0.1, 0.15) is 11.6 Å². The van der Waals surface area contributed by atoms with Gasteiger partial charge in [0.2, 0.25) is 0 Å². The van der Waals surface area contributed by atoms with Crippen LogP contribution in [0.5, 0.6) is 0 Å². The summed E-state index contributed by atoms with van der Waals surface area (Å²) >= 11 is 0. The second-order valence-electron chi connectivity index (χ2n) is 3.05. The summed E-state index contributed by atoms with van der Waals surface area (Å²) in [4.78, 5) is 21.9. The fraction of sp³-hybridized carbons (Fsp3) is 0.200. The fourth-order valence-electron chi connectivity index (χ4n) is 1.15. The zero-order valence-electron chi connectivity index (χ0n) is 8.53. The lowest BCUT2D eigenvalue weighted by molar-refractivity contribution is -0.139. The molecule has 0 heterocycles. The Balaban J connectivity index is 2.89. The number of halogens is 1. The highest BCUT2D eigenvalue weighted by atomic mass is 19.1. The summed E-state index contributed by atoms with van der Waals surface area (Å²) in [6.45, 7) is 0. The van der Waals surface area contributed by atoms with E-state index in [4.69, 9.17) is 5.11 Å². The predicted octanol–water partition coefficient (Wildman–Crippen LogP) is 0.880. The fourth-order valence-corrected chi connectivity index (χ4v) is 1.15. The first kappa shape index (κ1) is 12.0. The van der Waals surface area contributed by atoms with Crippen molar-refractivity contribution in [3.8, 4) is 0 Å². The maximum Gasteiger partial charge on any atom is 0.330 e. The number of urea groups is 1. The van der Waals surface area contributed by atoms with Crippen molar-refractivity contribution in [2.75, 3.05) is 7.05 Å². The van der Waals surface area contributed by atoms with Gasteiger partial charge in [-0.3, -0.25) is 0 Å². The van der Waals surface area contributed by atoms with Gasteiger partial charge in [-0.15, -0.1) is 0 Å². The Morgan fingerprint density at radius 3 is 2.31 bits per heavy atom. The van der Waals surface area contributed by atoms with Gasteiger partial charge in [0.05, 0.1) is 0 Å². The predicted molar refractivity (Wildman–Crippen MR) is 54.4 cm³/mol. The van der Waals surface area contributed by atoms with E-state index in [-0.39, 0.29) is 0 Å². The van der Waals surface area contributed by atoms with Gasteiger partial charge in [0, 0.05) is 7.05 Å². The number of carboxylic acid groups (broad SMARTS) is 1. The van der Waals surface area contributed by atoms with E-state index in [1.54, 1.807) is 0 Å². The van der Waals surface area contributed by atoms with Crippen molar-refractivity contribution in [2.45, 2.75) is 6.04 Å². The highest BCUT2D eigenvalue weighted by Crippen LogP contribution is 2.13. The highest BCUT2D eigenvalue weighted by molar-refractivity contribution is 5.83. The number of carbonyl (C=O) groups is 2. The highest BCUT2D eigenvalue weighted by Gasteiger charge is 2.21. The molecule has 1 unspecified atom stereocenters. The SMILES string of the molecule is CNC(=O)NC(C(=O)O)c1ccc(F)cc1. The number of hydrogen-bond acceptors (Lipinski definition) is 2. The second-order valence-corrected chi connectivity index (χ2v) is 3.05. The monoisotopic (exact) mass is 226 g/mol. The topological polar surface area (TPSA) is 78.4 Å². The van der Waals surface area contributed by atoms with Crippen LogP contribution >= 0.6 is 0 Å². The van der Waals surface area contributed by atoms with E-state index in [9.17, 15) is 14.0 Å². The molecule has 0 aromatic heterocycles. The van der Waals surface area contributed by atoms with Crippen LogP contribution in [0.15, 0.2) is 24.3 Å². The zero-order valence-corrected chi connectivity index (χ0v) is 8.53. The first-order valence-electron chi connectivity index (χ1n) is 4.51. The molecule has 0 saturated heterocycles.